The van der Waals surface area contributed by atoms with E-state index in [1.165, 1.54) is 43.7 Å². The fourth-order valence-corrected chi connectivity index (χ4v) is 6.95. The Labute approximate surface area is 251 Å². The minimum Gasteiger partial charge on any atom is -0.452 e. The molecule has 0 unspecified atom stereocenters. The van der Waals surface area contributed by atoms with Crippen LogP contribution in [0.25, 0.3) is 93.9 Å². The molecule has 44 heavy (non-hydrogen) atoms. The molecule has 0 fully saturated rings. The van der Waals surface area contributed by atoms with Gasteiger partial charge in [0.25, 0.3) is 0 Å². The van der Waals surface area contributed by atoms with Gasteiger partial charge in [0.15, 0.2) is 11.4 Å². The third-order valence-corrected chi connectivity index (χ3v) is 8.93. The minimum absolute atomic E-state index is 0.684. The summed E-state index contributed by atoms with van der Waals surface area (Å²) < 4.78 is 8.92. The fraction of sp³-hybridized carbons (Fsp3) is 0. The maximum absolute atomic E-state index is 6.51. The van der Waals surface area contributed by atoms with Crippen molar-refractivity contribution in [3.63, 3.8) is 0 Å². The molecule has 0 spiro atoms. The summed E-state index contributed by atoms with van der Waals surface area (Å²) in [4.78, 5) is 10.1. The van der Waals surface area contributed by atoms with E-state index in [1.807, 2.05) is 36.4 Å². The van der Waals surface area contributed by atoms with Gasteiger partial charge in [-0.15, -0.1) is 0 Å². The van der Waals surface area contributed by atoms with Crippen molar-refractivity contribution in [2.45, 2.75) is 0 Å². The number of aromatic nitrogens is 3. The Morgan fingerprint density at radius 2 is 1.05 bits per heavy atom. The first kappa shape index (κ1) is 23.6. The molecule has 0 aliphatic rings. The molecule has 0 saturated heterocycles. The van der Waals surface area contributed by atoms with Crippen LogP contribution in [0, 0.1) is 0 Å². The summed E-state index contributed by atoms with van der Waals surface area (Å²) in [7, 11) is 0. The van der Waals surface area contributed by atoms with Gasteiger partial charge >= 0.3 is 0 Å². The van der Waals surface area contributed by atoms with Gasteiger partial charge in [-0.25, -0.2) is 9.97 Å². The predicted octanol–water partition coefficient (Wildman–Crippen LogP) is 10.5. The number of para-hydroxylation sites is 2. The largest absolute Gasteiger partial charge is 0.452 e. The lowest BCUT2D eigenvalue weighted by Crippen LogP contribution is -1.93. The molecule has 204 valence electrons. The monoisotopic (exact) mass is 561 g/mol. The van der Waals surface area contributed by atoms with Gasteiger partial charge in [0.05, 0.1) is 16.6 Å². The molecule has 0 aliphatic heterocycles. The van der Waals surface area contributed by atoms with Crippen molar-refractivity contribution in [3.8, 4) is 33.8 Å². The van der Waals surface area contributed by atoms with E-state index in [1.54, 1.807) is 0 Å². The number of hydrogen-bond donors (Lipinski definition) is 0. The SMILES string of the molecule is c1ccc(-c2nc(-c3ccccc3)c3oc4ccc(-c5cc6c7ccccc7n7c8ccccc8c(c5)c67)cc4c3n2)cc1. The van der Waals surface area contributed by atoms with E-state index in [4.69, 9.17) is 14.4 Å². The van der Waals surface area contributed by atoms with Crippen LogP contribution in [0.2, 0.25) is 0 Å². The Balaban J connectivity index is 1.26. The first-order chi connectivity index (χ1) is 21.8. The summed E-state index contributed by atoms with van der Waals surface area (Å²) in [6, 6.07) is 48.9. The third-order valence-electron chi connectivity index (χ3n) is 8.93. The highest BCUT2D eigenvalue weighted by Gasteiger charge is 2.21. The van der Waals surface area contributed by atoms with Crippen LogP contribution in [0.4, 0.5) is 0 Å². The van der Waals surface area contributed by atoms with Crippen LogP contribution in [-0.2, 0) is 0 Å². The second-order valence-electron chi connectivity index (χ2n) is 11.4. The molecule has 4 heteroatoms. The molecular weight excluding hydrogens is 538 g/mol. The van der Waals surface area contributed by atoms with Gasteiger partial charge < -0.3 is 8.82 Å². The minimum atomic E-state index is 0.684. The van der Waals surface area contributed by atoms with Crippen molar-refractivity contribution in [2.24, 2.45) is 0 Å². The number of nitrogens with zero attached hydrogens (tertiary/aromatic N) is 3. The van der Waals surface area contributed by atoms with Crippen LogP contribution >= 0.6 is 0 Å². The van der Waals surface area contributed by atoms with Crippen molar-refractivity contribution in [1.29, 1.82) is 0 Å². The molecule has 0 atom stereocenters. The van der Waals surface area contributed by atoms with Gasteiger partial charge in [-0.1, -0.05) is 103 Å². The van der Waals surface area contributed by atoms with Gasteiger partial charge in [-0.2, -0.15) is 0 Å². The molecule has 0 radical (unpaired) electrons. The van der Waals surface area contributed by atoms with E-state index in [9.17, 15) is 0 Å². The molecule has 0 N–H and O–H groups in total. The highest BCUT2D eigenvalue weighted by molar-refractivity contribution is 6.24. The zero-order valence-corrected chi connectivity index (χ0v) is 23.5. The number of hydrogen-bond acceptors (Lipinski definition) is 3. The second kappa shape index (κ2) is 8.76. The van der Waals surface area contributed by atoms with E-state index in [0.29, 0.717) is 11.4 Å². The Morgan fingerprint density at radius 3 is 1.73 bits per heavy atom. The van der Waals surface area contributed by atoms with Gasteiger partial charge in [-0.05, 0) is 47.5 Å². The van der Waals surface area contributed by atoms with Crippen LogP contribution in [0.15, 0.2) is 144 Å². The number of benzene rings is 6. The Morgan fingerprint density at radius 1 is 0.455 bits per heavy atom. The van der Waals surface area contributed by atoms with Crippen LogP contribution in [-0.4, -0.2) is 14.4 Å². The van der Waals surface area contributed by atoms with Gasteiger partial charge in [0, 0.05) is 38.1 Å². The molecule has 4 nitrogen and oxygen atoms in total. The zero-order valence-electron chi connectivity index (χ0n) is 23.5. The van der Waals surface area contributed by atoms with E-state index >= 15 is 0 Å². The lowest BCUT2D eigenvalue weighted by Gasteiger charge is -2.06. The standard InChI is InChI=1S/C40H23N3O/c1-3-11-24(12-4-1)36-39-37(42-40(41-36)25-13-5-2-6-14-25)32-21-26(19-20-35(32)44-39)27-22-30-28-15-7-9-17-33(28)43-34-18-10-8-16-29(34)31(23-27)38(30)43/h1-23H. The first-order valence-corrected chi connectivity index (χ1v) is 14.8. The Kier molecular flexibility index (Phi) is 4.69. The van der Waals surface area contributed by atoms with Crippen LogP contribution in [0.1, 0.15) is 0 Å². The maximum Gasteiger partial charge on any atom is 0.180 e. The summed E-state index contributed by atoms with van der Waals surface area (Å²) in [6.45, 7) is 0. The van der Waals surface area contributed by atoms with E-state index in [-0.39, 0.29) is 0 Å². The summed E-state index contributed by atoms with van der Waals surface area (Å²) >= 11 is 0. The maximum atomic E-state index is 6.51. The Hall–Kier alpha value is -6.00. The van der Waals surface area contributed by atoms with E-state index < -0.39 is 0 Å². The molecule has 4 heterocycles. The topological polar surface area (TPSA) is 43.3 Å². The van der Waals surface area contributed by atoms with Crippen molar-refractivity contribution in [1.82, 2.24) is 14.4 Å². The summed E-state index contributed by atoms with van der Waals surface area (Å²) in [6.07, 6.45) is 0. The highest BCUT2D eigenvalue weighted by Crippen LogP contribution is 2.43. The molecule has 10 aromatic rings. The molecule has 0 saturated carbocycles. The number of furan rings is 1. The van der Waals surface area contributed by atoms with Gasteiger partial charge in [0.1, 0.15) is 16.8 Å². The summed E-state index contributed by atoms with van der Waals surface area (Å²) in [5, 5.41) is 6.04. The van der Waals surface area contributed by atoms with Crippen molar-refractivity contribution in [2.75, 3.05) is 0 Å². The average Bonchev–Trinajstić information content (AvgIpc) is 3.75. The van der Waals surface area contributed by atoms with Crippen molar-refractivity contribution >= 4 is 60.2 Å². The van der Waals surface area contributed by atoms with E-state index in [0.717, 1.165) is 38.9 Å². The van der Waals surface area contributed by atoms with Crippen LogP contribution in [0.5, 0.6) is 0 Å². The zero-order chi connectivity index (χ0) is 28.8. The quantitative estimate of drug-likeness (QED) is 0.215. The molecule has 6 aromatic carbocycles. The molecule has 4 aromatic heterocycles. The van der Waals surface area contributed by atoms with E-state index in [2.05, 4.69) is 108 Å². The molecule has 0 bridgehead atoms. The molecule has 0 aliphatic carbocycles. The summed E-state index contributed by atoms with van der Waals surface area (Å²) in [5.74, 6) is 0.684. The molecule has 0 amide bonds. The Bertz CT molecular complexity index is 2620. The number of rotatable bonds is 3. The highest BCUT2D eigenvalue weighted by atomic mass is 16.3. The smallest absolute Gasteiger partial charge is 0.180 e. The summed E-state index contributed by atoms with van der Waals surface area (Å²) in [5.41, 5.74) is 11.1. The second-order valence-corrected chi connectivity index (χ2v) is 11.4. The average molecular weight is 562 g/mol. The predicted molar refractivity (Wildman–Crippen MR) is 180 cm³/mol. The van der Waals surface area contributed by atoms with Crippen molar-refractivity contribution < 1.29 is 4.42 Å². The van der Waals surface area contributed by atoms with Crippen molar-refractivity contribution in [3.05, 3.63) is 140 Å². The lowest BCUT2D eigenvalue weighted by atomic mass is 9.98. The van der Waals surface area contributed by atoms with Crippen LogP contribution in [0.3, 0.4) is 0 Å². The fourth-order valence-electron chi connectivity index (χ4n) is 6.95. The van der Waals surface area contributed by atoms with Crippen LogP contribution < -0.4 is 0 Å². The number of fused-ring (bicyclic) bond motifs is 9. The lowest BCUT2D eigenvalue weighted by molar-refractivity contribution is 0.667. The molecular formula is C40H23N3O. The normalized spacial score (nSPS) is 12.1. The van der Waals surface area contributed by atoms with Gasteiger partial charge in [-0.3, -0.25) is 0 Å². The van der Waals surface area contributed by atoms with Gasteiger partial charge in [0.2, 0.25) is 0 Å². The first-order valence-electron chi connectivity index (χ1n) is 14.8. The third kappa shape index (κ3) is 3.22. The molecule has 10 rings (SSSR count).